The van der Waals surface area contributed by atoms with Crippen LogP contribution in [-0.2, 0) is 0 Å². The van der Waals surface area contributed by atoms with Crippen molar-refractivity contribution in [2.24, 2.45) is 11.8 Å². The predicted molar refractivity (Wildman–Crippen MR) is 68.2 cm³/mol. The van der Waals surface area contributed by atoms with Gasteiger partial charge in [0.15, 0.2) is 0 Å². The largest absolute Gasteiger partial charge is 0.342 e. The fourth-order valence-corrected chi connectivity index (χ4v) is 3.12. The zero-order chi connectivity index (χ0) is 11.2. The first-order chi connectivity index (χ1) is 8.40. The Hall–Kier alpha value is -1.55. The van der Waals surface area contributed by atoms with Gasteiger partial charge in [-0.2, -0.15) is 0 Å². The highest BCUT2D eigenvalue weighted by molar-refractivity contribution is 5.77. The van der Waals surface area contributed by atoms with E-state index in [1.54, 1.807) is 0 Å². The summed E-state index contributed by atoms with van der Waals surface area (Å²) < 4.78 is 0. The van der Waals surface area contributed by atoms with E-state index in [-0.39, 0.29) is 0 Å². The molecule has 0 radical (unpaired) electrons. The molecule has 4 rings (SSSR count). The second-order valence-corrected chi connectivity index (χ2v) is 5.16. The van der Waals surface area contributed by atoms with E-state index in [2.05, 4.69) is 32.3 Å². The van der Waals surface area contributed by atoms with Gasteiger partial charge in [-0.1, -0.05) is 12.1 Å². The molecule has 2 aliphatic heterocycles. The quantitative estimate of drug-likeness (QED) is 0.771. The Labute approximate surface area is 100 Å². The average Bonchev–Trinajstić information content (AvgIpc) is 3.01. The number of para-hydroxylation sites is 2. The maximum atomic E-state index is 4.67. The summed E-state index contributed by atoms with van der Waals surface area (Å²) in [5, 5.41) is 3.47. The van der Waals surface area contributed by atoms with Crippen LogP contribution in [0.1, 0.15) is 0 Å². The standard InChI is InChI=1S/C13H16N4/c1-2-4-12-11(3-1)15-13(16-12)17-7-9-5-14-6-10(9)8-17/h1-4,9-10,14H,5-8H2,(H,15,16). The summed E-state index contributed by atoms with van der Waals surface area (Å²) in [6.07, 6.45) is 0. The first kappa shape index (κ1) is 9.48. The molecule has 2 atom stereocenters. The summed E-state index contributed by atoms with van der Waals surface area (Å²) >= 11 is 0. The minimum atomic E-state index is 0.809. The van der Waals surface area contributed by atoms with E-state index >= 15 is 0 Å². The molecule has 17 heavy (non-hydrogen) atoms. The van der Waals surface area contributed by atoms with Crippen LogP contribution in [0.2, 0.25) is 0 Å². The van der Waals surface area contributed by atoms with Crippen molar-refractivity contribution in [3.05, 3.63) is 24.3 Å². The van der Waals surface area contributed by atoms with E-state index in [4.69, 9.17) is 0 Å². The molecule has 0 spiro atoms. The number of hydrogen-bond acceptors (Lipinski definition) is 3. The van der Waals surface area contributed by atoms with Crippen LogP contribution in [0.4, 0.5) is 5.95 Å². The number of rotatable bonds is 1. The molecular formula is C13H16N4. The van der Waals surface area contributed by atoms with Gasteiger partial charge in [0.1, 0.15) is 0 Å². The Morgan fingerprint density at radius 2 is 1.88 bits per heavy atom. The third-order valence-corrected chi connectivity index (χ3v) is 4.07. The number of benzene rings is 1. The van der Waals surface area contributed by atoms with Crippen LogP contribution in [0.3, 0.4) is 0 Å². The number of imidazole rings is 1. The molecule has 1 aromatic heterocycles. The molecule has 3 heterocycles. The fourth-order valence-electron chi connectivity index (χ4n) is 3.12. The molecule has 0 saturated carbocycles. The Morgan fingerprint density at radius 3 is 2.65 bits per heavy atom. The number of H-pyrrole nitrogens is 1. The van der Waals surface area contributed by atoms with Gasteiger partial charge in [-0.05, 0) is 24.0 Å². The molecule has 4 heteroatoms. The van der Waals surface area contributed by atoms with Crippen LogP contribution < -0.4 is 10.2 Å². The summed E-state index contributed by atoms with van der Waals surface area (Å²) in [5.74, 6) is 2.66. The van der Waals surface area contributed by atoms with Gasteiger partial charge in [0.25, 0.3) is 0 Å². The van der Waals surface area contributed by atoms with Crippen LogP contribution in [-0.4, -0.2) is 36.1 Å². The zero-order valence-corrected chi connectivity index (χ0v) is 9.69. The highest BCUT2D eigenvalue weighted by Crippen LogP contribution is 2.29. The van der Waals surface area contributed by atoms with Crippen LogP contribution >= 0.6 is 0 Å². The van der Waals surface area contributed by atoms with Crippen molar-refractivity contribution in [3.8, 4) is 0 Å². The minimum Gasteiger partial charge on any atom is -0.342 e. The lowest BCUT2D eigenvalue weighted by molar-refractivity contribution is 0.533. The topological polar surface area (TPSA) is 44.0 Å². The lowest BCUT2D eigenvalue weighted by atomic mass is 10.0. The SMILES string of the molecule is c1ccc2[nH]c(N3CC4CNCC4C3)nc2c1. The Bertz CT molecular complexity index is 502. The Morgan fingerprint density at radius 1 is 1.12 bits per heavy atom. The van der Waals surface area contributed by atoms with Gasteiger partial charge in [0, 0.05) is 26.2 Å². The van der Waals surface area contributed by atoms with Crippen molar-refractivity contribution in [1.82, 2.24) is 15.3 Å². The maximum Gasteiger partial charge on any atom is 0.203 e. The number of fused-ring (bicyclic) bond motifs is 2. The molecular weight excluding hydrogens is 212 g/mol. The molecule has 2 aromatic rings. The Balaban J connectivity index is 1.66. The third-order valence-electron chi connectivity index (χ3n) is 4.07. The molecule has 0 amide bonds. The van der Waals surface area contributed by atoms with E-state index in [0.717, 1.165) is 41.9 Å². The van der Waals surface area contributed by atoms with Crippen LogP contribution in [0.25, 0.3) is 11.0 Å². The zero-order valence-electron chi connectivity index (χ0n) is 9.69. The molecule has 2 N–H and O–H groups in total. The number of aromatic nitrogens is 2. The number of nitrogens with one attached hydrogen (secondary N) is 2. The summed E-state index contributed by atoms with van der Waals surface area (Å²) in [4.78, 5) is 10.5. The molecule has 88 valence electrons. The summed E-state index contributed by atoms with van der Waals surface area (Å²) in [6.45, 7) is 4.61. The maximum absolute atomic E-state index is 4.67. The van der Waals surface area contributed by atoms with Crippen molar-refractivity contribution in [3.63, 3.8) is 0 Å². The smallest absolute Gasteiger partial charge is 0.203 e. The molecule has 2 aliphatic rings. The minimum absolute atomic E-state index is 0.809. The van der Waals surface area contributed by atoms with Gasteiger partial charge in [0.05, 0.1) is 11.0 Å². The molecule has 2 saturated heterocycles. The monoisotopic (exact) mass is 228 g/mol. The van der Waals surface area contributed by atoms with Gasteiger partial charge in [-0.15, -0.1) is 0 Å². The number of nitrogens with zero attached hydrogens (tertiary/aromatic N) is 2. The van der Waals surface area contributed by atoms with Gasteiger partial charge in [0.2, 0.25) is 5.95 Å². The van der Waals surface area contributed by atoms with Crippen molar-refractivity contribution < 1.29 is 0 Å². The predicted octanol–water partition coefficient (Wildman–Crippen LogP) is 1.22. The third kappa shape index (κ3) is 1.44. The van der Waals surface area contributed by atoms with Gasteiger partial charge < -0.3 is 15.2 Å². The van der Waals surface area contributed by atoms with E-state index in [1.807, 2.05) is 12.1 Å². The normalized spacial score (nSPS) is 27.9. The highest BCUT2D eigenvalue weighted by Gasteiger charge is 2.36. The number of anilines is 1. The van der Waals surface area contributed by atoms with Crippen molar-refractivity contribution in [2.75, 3.05) is 31.1 Å². The first-order valence-electron chi connectivity index (χ1n) is 6.30. The van der Waals surface area contributed by atoms with E-state index in [0.29, 0.717) is 0 Å². The molecule has 0 bridgehead atoms. The van der Waals surface area contributed by atoms with Crippen LogP contribution in [0.5, 0.6) is 0 Å². The van der Waals surface area contributed by atoms with Crippen molar-refractivity contribution >= 4 is 17.0 Å². The number of aromatic amines is 1. The lowest BCUT2D eigenvalue weighted by Crippen LogP contribution is -2.26. The number of hydrogen-bond donors (Lipinski definition) is 2. The van der Waals surface area contributed by atoms with Crippen LogP contribution in [0, 0.1) is 11.8 Å². The van der Waals surface area contributed by atoms with Crippen LogP contribution in [0.15, 0.2) is 24.3 Å². The summed E-state index contributed by atoms with van der Waals surface area (Å²) in [7, 11) is 0. The van der Waals surface area contributed by atoms with Crippen molar-refractivity contribution in [2.45, 2.75) is 0 Å². The highest BCUT2D eigenvalue weighted by atomic mass is 15.3. The second-order valence-electron chi connectivity index (χ2n) is 5.16. The van der Waals surface area contributed by atoms with Gasteiger partial charge >= 0.3 is 0 Å². The van der Waals surface area contributed by atoms with Crippen molar-refractivity contribution in [1.29, 1.82) is 0 Å². The molecule has 4 nitrogen and oxygen atoms in total. The van der Waals surface area contributed by atoms with Gasteiger partial charge in [-0.3, -0.25) is 0 Å². The van der Waals surface area contributed by atoms with E-state index < -0.39 is 0 Å². The summed E-state index contributed by atoms with van der Waals surface area (Å²) in [5.41, 5.74) is 2.20. The van der Waals surface area contributed by atoms with Gasteiger partial charge in [-0.25, -0.2) is 4.98 Å². The summed E-state index contributed by atoms with van der Waals surface area (Å²) in [6, 6.07) is 8.24. The molecule has 1 aromatic carbocycles. The first-order valence-corrected chi connectivity index (χ1v) is 6.30. The fraction of sp³-hybridized carbons (Fsp3) is 0.462. The lowest BCUT2D eigenvalue weighted by Gasteiger charge is -2.15. The van der Waals surface area contributed by atoms with E-state index in [1.165, 1.54) is 13.1 Å². The van der Waals surface area contributed by atoms with E-state index in [9.17, 15) is 0 Å². The average molecular weight is 228 g/mol. The Kier molecular flexibility index (Phi) is 1.93. The second kappa shape index (κ2) is 3.47. The molecule has 0 aliphatic carbocycles. The molecule has 2 unspecified atom stereocenters. The molecule has 2 fully saturated rings.